The Labute approximate surface area is 114 Å². The zero-order valence-electron chi connectivity index (χ0n) is 11.2. The minimum atomic E-state index is 0.767. The quantitative estimate of drug-likeness (QED) is 0.810. The lowest BCUT2D eigenvalue weighted by Crippen LogP contribution is -2.47. The van der Waals surface area contributed by atoms with Gasteiger partial charge in [0.15, 0.2) is 0 Å². The number of rotatable bonds is 5. The molecule has 0 spiro atoms. The van der Waals surface area contributed by atoms with Crippen molar-refractivity contribution in [3.8, 4) is 0 Å². The summed E-state index contributed by atoms with van der Waals surface area (Å²) in [6, 6.07) is 0. The van der Waals surface area contributed by atoms with E-state index in [2.05, 4.69) is 32.9 Å². The van der Waals surface area contributed by atoms with E-state index in [1.54, 1.807) is 12.4 Å². The molecule has 2 rings (SSSR count). The second-order valence-electron chi connectivity index (χ2n) is 4.73. The zero-order valence-corrected chi connectivity index (χ0v) is 12.1. The first-order chi connectivity index (χ1) is 8.79. The van der Waals surface area contributed by atoms with Crippen molar-refractivity contribution in [2.24, 2.45) is 0 Å². The van der Waals surface area contributed by atoms with Crippen molar-refractivity contribution in [2.75, 3.05) is 43.9 Å². The van der Waals surface area contributed by atoms with Crippen LogP contribution in [-0.4, -0.2) is 59.1 Å². The largest absolute Gasteiger partial charge is 0.353 e. The molecule has 1 saturated heterocycles. The first-order valence-electron chi connectivity index (χ1n) is 6.55. The van der Waals surface area contributed by atoms with Crippen LogP contribution in [0.5, 0.6) is 0 Å². The van der Waals surface area contributed by atoms with Gasteiger partial charge >= 0.3 is 0 Å². The monoisotopic (exact) mass is 266 g/mol. The first-order valence-corrected chi connectivity index (χ1v) is 7.84. The summed E-state index contributed by atoms with van der Waals surface area (Å²) in [5.74, 6) is 1.01. The average Bonchev–Trinajstić information content (AvgIpc) is 2.46. The van der Waals surface area contributed by atoms with Gasteiger partial charge in [-0.3, -0.25) is 9.88 Å². The Morgan fingerprint density at radius 2 is 2.06 bits per heavy atom. The maximum Gasteiger partial charge on any atom is 0.147 e. The van der Waals surface area contributed by atoms with E-state index in [1.165, 1.54) is 13.0 Å². The molecule has 1 atom stereocenters. The summed E-state index contributed by atoms with van der Waals surface area (Å²) in [5, 5.41) is 0.767. The first kappa shape index (κ1) is 13.6. The smallest absolute Gasteiger partial charge is 0.147 e. The molecule has 1 aliphatic heterocycles. The highest BCUT2D eigenvalue weighted by molar-refractivity contribution is 7.99. The van der Waals surface area contributed by atoms with E-state index in [4.69, 9.17) is 0 Å². The van der Waals surface area contributed by atoms with E-state index in [0.29, 0.717) is 0 Å². The van der Waals surface area contributed by atoms with E-state index in [9.17, 15) is 0 Å². The van der Waals surface area contributed by atoms with Gasteiger partial charge < -0.3 is 4.90 Å². The topological polar surface area (TPSA) is 32.3 Å². The number of nitrogens with zero attached hydrogens (tertiary/aromatic N) is 4. The summed E-state index contributed by atoms with van der Waals surface area (Å²) in [6.07, 6.45) is 8.82. The van der Waals surface area contributed by atoms with Crippen LogP contribution in [-0.2, 0) is 0 Å². The van der Waals surface area contributed by atoms with Crippen molar-refractivity contribution >= 4 is 17.6 Å². The third-order valence-corrected chi connectivity index (χ3v) is 4.54. The molecule has 1 aromatic heterocycles. The number of thioether (sulfide) groups is 1. The van der Waals surface area contributed by atoms with Crippen LogP contribution >= 0.6 is 11.8 Å². The predicted octanol–water partition coefficient (Wildman–Crippen LogP) is 1.74. The lowest BCUT2D eigenvalue weighted by atomic mass is 10.2. The second-order valence-corrected chi connectivity index (χ2v) is 6.00. The average molecular weight is 266 g/mol. The molecule has 0 unspecified atom stereocenters. The minimum absolute atomic E-state index is 0.767. The van der Waals surface area contributed by atoms with E-state index >= 15 is 0 Å². The van der Waals surface area contributed by atoms with Crippen LogP contribution in [0.15, 0.2) is 18.6 Å². The Morgan fingerprint density at radius 3 is 2.67 bits per heavy atom. The van der Waals surface area contributed by atoms with Crippen LogP contribution < -0.4 is 4.90 Å². The fourth-order valence-corrected chi connectivity index (χ4v) is 2.48. The molecular weight excluding hydrogens is 244 g/mol. The Morgan fingerprint density at radius 1 is 1.28 bits per heavy atom. The molecule has 5 heteroatoms. The maximum atomic E-state index is 4.36. The van der Waals surface area contributed by atoms with Crippen LogP contribution in [0.1, 0.15) is 13.3 Å². The second kappa shape index (κ2) is 6.95. The number of piperazine rings is 1. The van der Waals surface area contributed by atoms with Crippen molar-refractivity contribution in [3.63, 3.8) is 0 Å². The van der Waals surface area contributed by atoms with Crippen molar-refractivity contribution in [2.45, 2.75) is 18.6 Å². The lowest BCUT2D eigenvalue weighted by Gasteiger charge is -2.35. The molecule has 0 N–H and O–H groups in total. The fraction of sp³-hybridized carbons (Fsp3) is 0.692. The van der Waals surface area contributed by atoms with E-state index in [0.717, 1.165) is 37.2 Å². The summed E-state index contributed by atoms with van der Waals surface area (Å²) < 4.78 is 0. The Kier molecular flexibility index (Phi) is 5.26. The predicted molar refractivity (Wildman–Crippen MR) is 78.3 cm³/mol. The van der Waals surface area contributed by atoms with E-state index < -0.39 is 0 Å². The highest BCUT2D eigenvalue weighted by atomic mass is 32.2. The number of aromatic nitrogens is 2. The number of hydrogen-bond donors (Lipinski definition) is 0. The van der Waals surface area contributed by atoms with E-state index in [-0.39, 0.29) is 0 Å². The summed E-state index contributed by atoms with van der Waals surface area (Å²) >= 11 is 1.96. The molecule has 4 nitrogen and oxygen atoms in total. The molecule has 18 heavy (non-hydrogen) atoms. The third kappa shape index (κ3) is 3.85. The molecule has 0 amide bonds. The van der Waals surface area contributed by atoms with Gasteiger partial charge in [-0.15, -0.1) is 0 Å². The van der Waals surface area contributed by atoms with Gasteiger partial charge in [0.2, 0.25) is 0 Å². The highest BCUT2D eigenvalue weighted by Gasteiger charge is 2.18. The normalized spacial score (nSPS) is 18.9. The van der Waals surface area contributed by atoms with Gasteiger partial charge in [0.25, 0.3) is 0 Å². The molecule has 1 aromatic rings. The van der Waals surface area contributed by atoms with Crippen molar-refractivity contribution in [1.29, 1.82) is 0 Å². The Hall–Kier alpha value is -0.810. The zero-order chi connectivity index (χ0) is 12.8. The summed E-state index contributed by atoms with van der Waals surface area (Å²) in [6.45, 7) is 7.92. The molecule has 1 fully saturated rings. The van der Waals surface area contributed by atoms with Crippen LogP contribution in [0.2, 0.25) is 0 Å². The van der Waals surface area contributed by atoms with Gasteiger partial charge in [-0.25, -0.2) is 4.98 Å². The van der Waals surface area contributed by atoms with Crippen molar-refractivity contribution < 1.29 is 0 Å². The molecule has 1 aliphatic rings. The molecule has 0 bridgehead atoms. The third-order valence-electron chi connectivity index (χ3n) is 3.50. The lowest BCUT2D eigenvalue weighted by molar-refractivity contribution is 0.254. The number of anilines is 1. The van der Waals surface area contributed by atoms with Crippen molar-refractivity contribution in [3.05, 3.63) is 18.6 Å². The van der Waals surface area contributed by atoms with Crippen molar-refractivity contribution in [1.82, 2.24) is 14.9 Å². The molecular formula is C13H22N4S. The van der Waals surface area contributed by atoms with Gasteiger partial charge in [-0.1, -0.05) is 6.92 Å². The maximum absolute atomic E-state index is 4.36. The minimum Gasteiger partial charge on any atom is -0.353 e. The van der Waals surface area contributed by atoms with Gasteiger partial charge in [-0.2, -0.15) is 11.8 Å². The summed E-state index contributed by atoms with van der Waals surface area (Å²) in [7, 11) is 0. The van der Waals surface area contributed by atoms with Crippen LogP contribution in [0, 0.1) is 0 Å². The molecule has 0 saturated carbocycles. The molecule has 0 radical (unpaired) electrons. The number of hydrogen-bond acceptors (Lipinski definition) is 5. The van der Waals surface area contributed by atoms with Gasteiger partial charge in [0.1, 0.15) is 5.82 Å². The van der Waals surface area contributed by atoms with Crippen LogP contribution in [0.4, 0.5) is 5.82 Å². The SMILES string of the molecule is CS[C@@H](C)CCN1CCN(c2cnccn2)CC1. The van der Waals surface area contributed by atoms with E-state index in [1.807, 2.05) is 18.0 Å². The molecule has 100 valence electrons. The van der Waals surface area contributed by atoms with Gasteiger partial charge in [0, 0.05) is 43.8 Å². The van der Waals surface area contributed by atoms with Crippen LogP contribution in [0.25, 0.3) is 0 Å². The standard InChI is InChI=1S/C13H22N4S/c1-12(18-2)3-6-16-7-9-17(10-8-16)13-11-14-4-5-15-13/h4-5,11-12H,3,6-10H2,1-2H3/t12-/m0/s1. The Bertz CT molecular complexity index is 338. The molecule has 2 heterocycles. The molecule has 0 aliphatic carbocycles. The van der Waals surface area contributed by atoms with Crippen LogP contribution in [0.3, 0.4) is 0 Å². The summed E-state index contributed by atoms with van der Waals surface area (Å²) in [4.78, 5) is 13.4. The van der Waals surface area contributed by atoms with Gasteiger partial charge in [0.05, 0.1) is 6.20 Å². The Balaban J connectivity index is 1.75. The molecule has 0 aromatic carbocycles. The highest BCUT2D eigenvalue weighted by Crippen LogP contribution is 2.14. The van der Waals surface area contributed by atoms with Gasteiger partial charge in [-0.05, 0) is 19.2 Å². The fourth-order valence-electron chi connectivity index (χ4n) is 2.14. The summed E-state index contributed by atoms with van der Waals surface area (Å²) in [5.41, 5.74) is 0.